The molecule has 246 valence electrons. The Morgan fingerprint density at radius 2 is 1.44 bits per heavy atom. The molecule has 0 aromatic heterocycles. The van der Waals surface area contributed by atoms with E-state index in [-0.39, 0.29) is 34.5 Å². The van der Waals surface area contributed by atoms with Gasteiger partial charge in [-0.15, -0.1) is 0 Å². The van der Waals surface area contributed by atoms with Crippen LogP contribution >= 0.6 is 36.2 Å². The summed E-state index contributed by atoms with van der Waals surface area (Å²) in [4.78, 5) is 91.3. The Kier molecular flexibility index (Phi) is 16.7. The normalized spacial score (nSPS) is 12.9. The zero-order valence-corrected chi connectivity index (χ0v) is 27.7. The van der Waals surface area contributed by atoms with Crippen molar-refractivity contribution in [3.8, 4) is 5.75 Å². The van der Waals surface area contributed by atoms with Gasteiger partial charge in [0.15, 0.2) is 0 Å². The third-order valence-electron chi connectivity index (χ3n) is 5.19. The number of carbonyl (C=O) groups excluding carboxylic acids is 7. The molecule has 3 atom stereocenters. The van der Waals surface area contributed by atoms with Crippen molar-refractivity contribution in [2.75, 3.05) is 31.4 Å². The van der Waals surface area contributed by atoms with Crippen LogP contribution in [0.15, 0.2) is 29.3 Å². The van der Waals surface area contributed by atoms with Crippen LogP contribution in [0.25, 0.3) is 0 Å². The number of aliphatic imine (C=N–C) groups is 1. The minimum Gasteiger partial charge on any atom is -0.424 e. The highest BCUT2D eigenvalue weighted by Gasteiger charge is 2.28. The van der Waals surface area contributed by atoms with Crippen molar-refractivity contribution in [3.05, 3.63) is 29.8 Å². The van der Waals surface area contributed by atoms with E-state index in [2.05, 4.69) is 38.9 Å². The SMILES string of the molecule is CC(=O)NC(CSC(=O)c1ccccc1OC(=O)C(CSC(=O)C(CS)NC(C)=O)NC(C)=O)C(=O)N/C(N)=N/C(=N)N(C)C. The zero-order valence-electron chi connectivity index (χ0n) is 25.2. The lowest BCUT2D eigenvalue weighted by molar-refractivity contribution is -0.138. The Hall–Kier alpha value is -4.10. The second-order valence-electron chi connectivity index (χ2n) is 9.29. The lowest BCUT2D eigenvalue weighted by Gasteiger charge is -2.19. The molecule has 19 heteroatoms. The second kappa shape index (κ2) is 19.3. The van der Waals surface area contributed by atoms with Crippen LogP contribution in [0.1, 0.15) is 31.1 Å². The average molecular weight is 685 g/mol. The topological polar surface area (TPSA) is 242 Å². The van der Waals surface area contributed by atoms with Gasteiger partial charge in [0.25, 0.3) is 0 Å². The molecular formula is C26H36N8O8S3. The van der Waals surface area contributed by atoms with Gasteiger partial charge in [-0.05, 0) is 12.1 Å². The van der Waals surface area contributed by atoms with Crippen molar-refractivity contribution in [2.24, 2.45) is 10.7 Å². The number of ether oxygens (including phenoxy) is 1. The summed E-state index contributed by atoms with van der Waals surface area (Å²) in [7, 11) is 3.10. The average Bonchev–Trinajstić information content (AvgIpc) is 2.95. The maximum atomic E-state index is 13.1. The van der Waals surface area contributed by atoms with E-state index in [0.717, 1.165) is 0 Å². The summed E-state index contributed by atoms with van der Waals surface area (Å²) >= 11 is 5.38. The summed E-state index contributed by atoms with van der Waals surface area (Å²) in [5, 5.41) is 16.1. The molecule has 45 heavy (non-hydrogen) atoms. The Morgan fingerprint density at radius 1 is 0.911 bits per heavy atom. The first-order valence-electron chi connectivity index (χ1n) is 13.0. The number of hydrogen-bond acceptors (Lipinski definition) is 12. The van der Waals surface area contributed by atoms with Gasteiger partial charge in [0, 0.05) is 52.1 Å². The third-order valence-corrected chi connectivity index (χ3v) is 7.61. The third kappa shape index (κ3) is 14.5. The van der Waals surface area contributed by atoms with Crippen molar-refractivity contribution >= 4 is 87.9 Å². The Balaban J connectivity index is 3.04. The first-order valence-corrected chi connectivity index (χ1v) is 15.6. The molecule has 0 saturated carbocycles. The quantitative estimate of drug-likeness (QED) is 0.0440. The van der Waals surface area contributed by atoms with Crippen LogP contribution in [-0.4, -0.2) is 106 Å². The fourth-order valence-electron chi connectivity index (χ4n) is 3.13. The highest BCUT2D eigenvalue weighted by atomic mass is 32.2. The molecule has 1 aromatic carbocycles. The number of esters is 1. The van der Waals surface area contributed by atoms with Crippen molar-refractivity contribution in [3.63, 3.8) is 0 Å². The molecule has 0 spiro atoms. The van der Waals surface area contributed by atoms with E-state index in [1.54, 1.807) is 14.1 Å². The van der Waals surface area contributed by atoms with E-state index in [1.807, 2.05) is 0 Å². The fourth-order valence-corrected chi connectivity index (χ4v) is 5.28. The molecule has 0 fully saturated rings. The summed E-state index contributed by atoms with van der Waals surface area (Å²) < 4.78 is 5.44. The number of thiol groups is 1. The predicted octanol–water partition coefficient (Wildman–Crippen LogP) is -0.904. The first-order chi connectivity index (χ1) is 21.0. The van der Waals surface area contributed by atoms with Crippen LogP contribution < -0.4 is 31.7 Å². The van der Waals surface area contributed by atoms with E-state index < -0.39 is 63.9 Å². The van der Waals surface area contributed by atoms with Crippen LogP contribution in [0.3, 0.4) is 0 Å². The number of nitrogens with two attached hydrogens (primary N) is 1. The van der Waals surface area contributed by atoms with Gasteiger partial charge in [0.05, 0.1) is 5.56 Å². The standard InChI is InChI=1S/C26H36N8O8S3/c1-13(35)29-17(10-43)24(41)45-12-19(31-15(3)37)22(39)42-20-9-7-6-8-16(20)23(40)44-11-18(30-14(2)36)21(38)32-25(27)33-26(28)34(4)5/h6-9,17-19,43H,10-12H2,1-5H3,(H,29,35)(H,30,36)(H,31,37)(H4,27,28,32,33,38). The fraction of sp³-hybridized carbons (Fsp3) is 0.423. The van der Waals surface area contributed by atoms with Crippen molar-refractivity contribution < 1.29 is 38.3 Å². The molecule has 4 amide bonds. The molecule has 0 aliphatic rings. The molecular weight excluding hydrogens is 649 g/mol. The number of carbonyl (C=O) groups is 7. The molecule has 0 heterocycles. The van der Waals surface area contributed by atoms with Gasteiger partial charge in [-0.25, -0.2) is 4.79 Å². The molecule has 7 N–H and O–H groups in total. The number of nitrogens with one attached hydrogen (secondary N) is 5. The summed E-state index contributed by atoms with van der Waals surface area (Å²) in [6.45, 7) is 3.59. The van der Waals surface area contributed by atoms with Gasteiger partial charge in [-0.1, -0.05) is 35.7 Å². The highest BCUT2D eigenvalue weighted by Crippen LogP contribution is 2.24. The smallest absolute Gasteiger partial charge is 0.334 e. The van der Waals surface area contributed by atoms with E-state index in [0.29, 0.717) is 23.5 Å². The van der Waals surface area contributed by atoms with Crippen molar-refractivity contribution in [1.82, 2.24) is 26.2 Å². The molecule has 0 radical (unpaired) electrons. The Bertz CT molecular complexity index is 1340. The van der Waals surface area contributed by atoms with Gasteiger partial charge < -0.3 is 31.3 Å². The van der Waals surface area contributed by atoms with Crippen molar-refractivity contribution in [2.45, 2.75) is 38.9 Å². The molecule has 1 rings (SSSR count). The summed E-state index contributed by atoms with van der Waals surface area (Å²) in [5.41, 5.74) is 5.63. The van der Waals surface area contributed by atoms with Gasteiger partial charge >= 0.3 is 5.97 Å². The van der Waals surface area contributed by atoms with Crippen molar-refractivity contribution in [1.29, 1.82) is 5.41 Å². The number of benzene rings is 1. The lowest BCUT2D eigenvalue weighted by atomic mass is 10.2. The van der Waals surface area contributed by atoms with Gasteiger partial charge in [0.2, 0.25) is 45.8 Å². The molecule has 1 aromatic rings. The van der Waals surface area contributed by atoms with E-state index >= 15 is 0 Å². The maximum absolute atomic E-state index is 13.1. The van der Waals surface area contributed by atoms with E-state index in [1.165, 1.54) is 49.9 Å². The van der Waals surface area contributed by atoms with Crippen LogP contribution in [-0.2, 0) is 28.8 Å². The predicted molar refractivity (Wildman–Crippen MR) is 174 cm³/mol. The number of rotatable bonds is 13. The minimum atomic E-state index is -1.29. The first kappa shape index (κ1) is 38.9. The maximum Gasteiger partial charge on any atom is 0.334 e. The zero-order chi connectivity index (χ0) is 34.3. The largest absolute Gasteiger partial charge is 0.424 e. The lowest BCUT2D eigenvalue weighted by Crippen LogP contribution is -2.51. The summed E-state index contributed by atoms with van der Waals surface area (Å²) in [6, 6.07) is 2.29. The Labute approximate surface area is 273 Å². The highest BCUT2D eigenvalue weighted by molar-refractivity contribution is 8.14. The number of nitrogens with zero attached hydrogens (tertiary/aromatic N) is 2. The number of para-hydroxylation sites is 1. The van der Waals surface area contributed by atoms with Crippen LogP contribution in [0.4, 0.5) is 0 Å². The monoisotopic (exact) mass is 684 g/mol. The number of hydrogen-bond donors (Lipinski definition) is 7. The molecule has 0 bridgehead atoms. The minimum absolute atomic E-state index is 0.0143. The van der Waals surface area contributed by atoms with Gasteiger partial charge in [-0.2, -0.15) is 17.6 Å². The van der Waals surface area contributed by atoms with Crippen LogP contribution in [0.5, 0.6) is 5.75 Å². The van der Waals surface area contributed by atoms with Crippen LogP contribution in [0.2, 0.25) is 0 Å². The summed E-state index contributed by atoms with van der Waals surface area (Å²) in [6.07, 6.45) is 0. The molecule has 3 unspecified atom stereocenters. The molecule has 0 saturated heterocycles. The second-order valence-corrected chi connectivity index (χ2v) is 11.7. The van der Waals surface area contributed by atoms with E-state index in [9.17, 15) is 33.6 Å². The number of thioether (sulfide) groups is 2. The van der Waals surface area contributed by atoms with Crippen LogP contribution in [0, 0.1) is 5.41 Å². The summed E-state index contributed by atoms with van der Waals surface area (Å²) in [5.74, 6) is -4.60. The molecule has 0 aliphatic heterocycles. The molecule has 16 nitrogen and oxygen atoms in total. The number of guanidine groups is 2. The number of amides is 4. The van der Waals surface area contributed by atoms with Gasteiger partial charge in [-0.3, -0.25) is 39.5 Å². The Morgan fingerprint density at radius 3 is 2.00 bits per heavy atom. The molecule has 0 aliphatic carbocycles. The van der Waals surface area contributed by atoms with E-state index in [4.69, 9.17) is 15.9 Å². The van der Waals surface area contributed by atoms with Gasteiger partial charge in [0.1, 0.15) is 23.9 Å².